The summed E-state index contributed by atoms with van der Waals surface area (Å²) in [7, 11) is 0. The van der Waals surface area contributed by atoms with Crippen LogP contribution in [0.1, 0.15) is 52.9 Å². The Morgan fingerprint density at radius 2 is 2.10 bits per heavy atom. The average molecular weight is 406 g/mol. The maximum absolute atomic E-state index is 12.1. The lowest BCUT2D eigenvalue weighted by molar-refractivity contribution is -0.154. The lowest BCUT2D eigenvalue weighted by atomic mass is 9.46. The van der Waals surface area contributed by atoms with Crippen molar-refractivity contribution in [2.75, 3.05) is 13.2 Å². The highest BCUT2D eigenvalue weighted by atomic mass is 16.5. The van der Waals surface area contributed by atoms with E-state index in [1.165, 1.54) is 13.0 Å². The van der Waals surface area contributed by atoms with Crippen LogP contribution in [0.3, 0.4) is 0 Å². The van der Waals surface area contributed by atoms with Crippen molar-refractivity contribution in [1.29, 1.82) is 0 Å². The Morgan fingerprint density at radius 1 is 1.38 bits per heavy atom. The van der Waals surface area contributed by atoms with E-state index in [4.69, 9.17) is 9.47 Å². The molecule has 0 saturated heterocycles. The fraction of sp³-hybridized carbons (Fsp3) is 0.682. The molecule has 0 spiro atoms. The molecule has 7 nitrogen and oxygen atoms in total. The fourth-order valence-electron chi connectivity index (χ4n) is 5.70. The number of ether oxygens (including phenoxy) is 2. The Morgan fingerprint density at radius 3 is 2.66 bits per heavy atom. The summed E-state index contributed by atoms with van der Waals surface area (Å²) in [4.78, 5) is 35.5. The Kier molecular flexibility index (Phi) is 5.90. The number of carboxylic acid groups (broad SMARTS) is 1. The van der Waals surface area contributed by atoms with E-state index in [0.29, 0.717) is 37.9 Å². The van der Waals surface area contributed by atoms with Gasteiger partial charge in [-0.1, -0.05) is 13.8 Å². The number of carbonyl (C=O) groups excluding carboxylic acids is 2. The number of fused-ring (bicyclic) bond motifs is 1. The predicted octanol–water partition coefficient (Wildman–Crippen LogP) is 2.63. The standard InChI is InChI=1S/C22H30O7/c1-13-4-8-22(12-23)17(19(25)26)10-16(29-14(2)24)11-18(22)21(13,3)7-5-15-6-9-28-20(15)27/h6,10,13,16,18,23H,4-5,7-9,11-12H2,1-3H3,(H,25,26)/t13-,16-,18-,21+,22+/m1/s1. The van der Waals surface area contributed by atoms with Crippen LogP contribution in [0.5, 0.6) is 0 Å². The van der Waals surface area contributed by atoms with Gasteiger partial charge in [-0.05, 0) is 61.5 Å². The Bertz CT molecular complexity index is 767. The highest BCUT2D eigenvalue weighted by Crippen LogP contribution is 2.62. The van der Waals surface area contributed by atoms with Crippen LogP contribution in [-0.2, 0) is 23.9 Å². The summed E-state index contributed by atoms with van der Waals surface area (Å²) in [5.74, 6) is -1.77. The first kappa shape index (κ1) is 21.6. The Balaban J connectivity index is 1.99. The number of hydrogen-bond donors (Lipinski definition) is 2. The van der Waals surface area contributed by atoms with Crippen molar-refractivity contribution in [1.82, 2.24) is 0 Å². The van der Waals surface area contributed by atoms with Gasteiger partial charge in [-0.15, -0.1) is 0 Å². The smallest absolute Gasteiger partial charge is 0.334 e. The number of aliphatic hydroxyl groups excluding tert-OH is 1. The topological polar surface area (TPSA) is 110 Å². The van der Waals surface area contributed by atoms with Crippen molar-refractivity contribution >= 4 is 17.9 Å². The van der Waals surface area contributed by atoms with Gasteiger partial charge in [0.1, 0.15) is 12.7 Å². The van der Waals surface area contributed by atoms with Gasteiger partial charge in [0.2, 0.25) is 0 Å². The minimum atomic E-state index is -1.08. The molecule has 2 N–H and O–H groups in total. The molecule has 1 saturated carbocycles. The van der Waals surface area contributed by atoms with E-state index in [9.17, 15) is 24.6 Å². The molecule has 1 heterocycles. The van der Waals surface area contributed by atoms with Gasteiger partial charge in [0.25, 0.3) is 0 Å². The van der Waals surface area contributed by atoms with Crippen LogP contribution in [-0.4, -0.2) is 47.4 Å². The van der Waals surface area contributed by atoms with Crippen molar-refractivity contribution in [3.8, 4) is 0 Å². The third-order valence-electron chi connectivity index (χ3n) is 7.54. The van der Waals surface area contributed by atoms with Crippen LogP contribution < -0.4 is 0 Å². The molecule has 3 rings (SSSR count). The van der Waals surface area contributed by atoms with E-state index in [1.54, 1.807) is 6.08 Å². The van der Waals surface area contributed by atoms with Gasteiger partial charge in [-0.3, -0.25) is 4.79 Å². The van der Waals surface area contributed by atoms with Crippen molar-refractivity contribution < 1.29 is 34.1 Å². The molecule has 1 aliphatic heterocycles. The van der Waals surface area contributed by atoms with Gasteiger partial charge >= 0.3 is 17.9 Å². The Labute approximate surface area is 170 Å². The molecule has 2 aliphatic carbocycles. The minimum Gasteiger partial charge on any atom is -0.478 e. The largest absolute Gasteiger partial charge is 0.478 e. The van der Waals surface area contributed by atoms with Crippen molar-refractivity contribution in [2.24, 2.45) is 22.7 Å². The first-order chi connectivity index (χ1) is 13.6. The van der Waals surface area contributed by atoms with Crippen molar-refractivity contribution in [3.05, 3.63) is 23.3 Å². The molecule has 0 aromatic carbocycles. The number of aliphatic carboxylic acids is 1. The molecule has 0 radical (unpaired) electrons. The molecule has 1 fully saturated rings. The molecule has 5 atom stereocenters. The zero-order valence-electron chi connectivity index (χ0n) is 17.3. The SMILES string of the molecule is CC(=O)O[C@@H]1C=C(C(=O)O)[C@@]2(CO)CC[C@@H](C)[C@](C)(CCC3=CCOC3=O)[C@H]2C1. The first-order valence-electron chi connectivity index (χ1n) is 10.2. The number of carbonyl (C=O) groups is 3. The molecule has 29 heavy (non-hydrogen) atoms. The van der Waals surface area contributed by atoms with E-state index in [-0.39, 0.29) is 35.4 Å². The fourth-order valence-corrected chi connectivity index (χ4v) is 5.70. The van der Waals surface area contributed by atoms with E-state index in [0.717, 1.165) is 6.42 Å². The maximum Gasteiger partial charge on any atom is 0.334 e. The Hall–Kier alpha value is -2.15. The average Bonchev–Trinajstić information content (AvgIpc) is 3.07. The quantitative estimate of drug-likeness (QED) is 0.653. The number of hydrogen-bond acceptors (Lipinski definition) is 6. The summed E-state index contributed by atoms with van der Waals surface area (Å²) in [5, 5.41) is 20.3. The van der Waals surface area contributed by atoms with Gasteiger partial charge in [-0.25, -0.2) is 9.59 Å². The number of cyclic esters (lactones) is 1. The van der Waals surface area contributed by atoms with Crippen LogP contribution in [0, 0.1) is 22.7 Å². The summed E-state index contributed by atoms with van der Waals surface area (Å²) in [6, 6.07) is 0. The number of esters is 2. The lowest BCUT2D eigenvalue weighted by Gasteiger charge is -2.58. The monoisotopic (exact) mass is 406 g/mol. The summed E-state index contributed by atoms with van der Waals surface area (Å²) in [6.45, 7) is 5.59. The lowest BCUT2D eigenvalue weighted by Crippen LogP contribution is -2.56. The molecule has 160 valence electrons. The summed E-state index contributed by atoms with van der Waals surface area (Å²) < 4.78 is 10.4. The third-order valence-corrected chi connectivity index (χ3v) is 7.54. The number of carboxylic acids is 1. The van der Waals surface area contributed by atoms with Crippen LogP contribution >= 0.6 is 0 Å². The molecular weight excluding hydrogens is 376 g/mol. The van der Waals surface area contributed by atoms with E-state index in [2.05, 4.69) is 13.8 Å². The van der Waals surface area contributed by atoms with Gasteiger partial charge in [0.15, 0.2) is 0 Å². The highest BCUT2D eigenvalue weighted by molar-refractivity contribution is 5.90. The van der Waals surface area contributed by atoms with Gasteiger partial charge in [-0.2, -0.15) is 0 Å². The molecule has 0 aromatic heterocycles. The zero-order chi connectivity index (χ0) is 21.4. The molecule has 0 amide bonds. The van der Waals surface area contributed by atoms with Gasteiger partial charge < -0.3 is 19.7 Å². The van der Waals surface area contributed by atoms with E-state index >= 15 is 0 Å². The van der Waals surface area contributed by atoms with Crippen LogP contribution in [0.15, 0.2) is 23.3 Å². The second-order valence-corrected chi connectivity index (χ2v) is 8.91. The second kappa shape index (κ2) is 7.94. The van der Waals surface area contributed by atoms with Crippen LogP contribution in [0.2, 0.25) is 0 Å². The predicted molar refractivity (Wildman–Crippen MR) is 104 cm³/mol. The molecule has 0 bridgehead atoms. The maximum atomic E-state index is 12.1. The molecule has 0 aromatic rings. The molecule has 3 aliphatic rings. The molecular formula is C22H30O7. The summed E-state index contributed by atoms with van der Waals surface area (Å²) in [5.41, 5.74) is -0.424. The van der Waals surface area contributed by atoms with E-state index < -0.39 is 23.5 Å². The molecule has 7 heteroatoms. The normalized spacial score (nSPS) is 36.6. The highest BCUT2D eigenvalue weighted by Gasteiger charge is 2.59. The summed E-state index contributed by atoms with van der Waals surface area (Å²) >= 11 is 0. The summed E-state index contributed by atoms with van der Waals surface area (Å²) in [6.07, 6.45) is 5.68. The van der Waals surface area contributed by atoms with E-state index in [1.807, 2.05) is 0 Å². The van der Waals surface area contributed by atoms with Crippen molar-refractivity contribution in [2.45, 2.75) is 59.0 Å². The second-order valence-electron chi connectivity index (χ2n) is 8.91. The first-order valence-corrected chi connectivity index (χ1v) is 10.2. The molecule has 0 unspecified atom stereocenters. The minimum absolute atomic E-state index is 0.139. The van der Waals surface area contributed by atoms with Crippen molar-refractivity contribution in [3.63, 3.8) is 0 Å². The number of aliphatic hydroxyl groups is 1. The zero-order valence-corrected chi connectivity index (χ0v) is 17.3. The third kappa shape index (κ3) is 3.72. The van der Waals surface area contributed by atoms with Crippen LogP contribution in [0.25, 0.3) is 0 Å². The van der Waals surface area contributed by atoms with Gasteiger partial charge in [0, 0.05) is 23.5 Å². The van der Waals surface area contributed by atoms with Gasteiger partial charge in [0.05, 0.1) is 6.61 Å². The van der Waals surface area contributed by atoms with Crippen LogP contribution in [0.4, 0.5) is 0 Å². The number of rotatable bonds is 6.